The summed E-state index contributed by atoms with van der Waals surface area (Å²) in [6.45, 7) is 8.47. The first-order valence-electron chi connectivity index (χ1n) is 9.11. The van der Waals surface area contributed by atoms with Crippen molar-refractivity contribution in [2.24, 2.45) is 5.73 Å². The van der Waals surface area contributed by atoms with Gasteiger partial charge >= 0.3 is 0 Å². The Morgan fingerprint density at radius 3 is 2.72 bits per heavy atom. The van der Waals surface area contributed by atoms with Crippen molar-refractivity contribution in [2.75, 3.05) is 13.2 Å². The predicted molar refractivity (Wildman–Crippen MR) is 103 cm³/mol. The second-order valence-electron chi connectivity index (χ2n) is 6.14. The summed E-state index contributed by atoms with van der Waals surface area (Å²) in [5.74, 6) is -0.372. The van der Waals surface area contributed by atoms with Crippen molar-refractivity contribution in [3.8, 4) is 10.6 Å². The number of aromatic nitrogens is 2. The van der Waals surface area contributed by atoms with Gasteiger partial charge < -0.3 is 15.0 Å². The number of hydrogen-bond donors (Lipinski definition) is 1. The van der Waals surface area contributed by atoms with Gasteiger partial charge in [-0.3, -0.25) is 4.79 Å². The summed E-state index contributed by atoms with van der Waals surface area (Å²) in [7, 11) is 0. The maximum atomic E-state index is 12.2. The van der Waals surface area contributed by atoms with Crippen LogP contribution in [0.1, 0.15) is 61.3 Å². The van der Waals surface area contributed by atoms with Gasteiger partial charge in [0.2, 0.25) is 0 Å². The molecule has 0 atom stereocenters. The Morgan fingerprint density at radius 1 is 1.32 bits per heavy atom. The van der Waals surface area contributed by atoms with E-state index in [1.165, 1.54) is 18.5 Å². The average molecular weight is 364 g/mol. The van der Waals surface area contributed by atoms with Crippen molar-refractivity contribution in [2.45, 2.75) is 59.4 Å². The zero-order chi connectivity index (χ0) is 18.2. The maximum absolute atomic E-state index is 12.2. The summed E-state index contributed by atoms with van der Waals surface area (Å²) in [5, 5.41) is 2.82. The molecule has 0 saturated heterocycles. The van der Waals surface area contributed by atoms with Crippen LogP contribution in [-0.2, 0) is 17.7 Å². The van der Waals surface area contributed by atoms with Crippen molar-refractivity contribution < 1.29 is 9.53 Å². The normalized spacial score (nSPS) is 11.2. The van der Waals surface area contributed by atoms with Gasteiger partial charge in [-0.2, -0.15) is 0 Å². The fourth-order valence-corrected chi connectivity index (χ4v) is 3.96. The van der Waals surface area contributed by atoms with Crippen LogP contribution in [0.2, 0.25) is 0 Å². The van der Waals surface area contributed by atoms with Crippen LogP contribution in [0.5, 0.6) is 0 Å². The van der Waals surface area contributed by atoms with Crippen molar-refractivity contribution >= 4 is 17.2 Å². The van der Waals surface area contributed by atoms with Gasteiger partial charge in [-0.15, -0.1) is 11.3 Å². The molecule has 0 saturated carbocycles. The molecule has 0 aromatic carbocycles. The summed E-state index contributed by atoms with van der Waals surface area (Å²) < 4.78 is 7.73. The second-order valence-corrected chi connectivity index (χ2v) is 7.04. The van der Waals surface area contributed by atoms with E-state index in [0.717, 1.165) is 55.3 Å². The molecule has 6 heteroatoms. The van der Waals surface area contributed by atoms with Gasteiger partial charge in [0.05, 0.1) is 5.56 Å². The van der Waals surface area contributed by atoms with Crippen molar-refractivity contribution in [1.29, 1.82) is 0 Å². The fourth-order valence-electron chi connectivity index (χ4n) is 3.25. The van der Waals surface area contributed by atoms with E-state index in [1.54, 1.807) is 17.5 Å². The number of primary amides is 1. The van der Waals surface area contributed by atoms with Crippen LogP contribution < -0.4 is 5.73 Å². The standard InChI is InChI=1S/C19H29N3O2S/c1-4-6-7-9-15-17(19-21-10-13-25-19)16(18(20)23)14(3)22(15)11-8-12-24-5-2/h10,13H,4-9,11-12H2,1-3H3,(H2,20,23). The topological polar surface area (TPSA) is 70.1 Å². The third-order valence-electron chi connectivity index (χ3n) is 4.42. The third-order valence-corrected chi connectivity index (χ3v) is 5.21. The summed E-state index contributed by atoms with van der Waals surface area (Å²) in [6, 6.07) is 0. The smallest absolute Gasteiger partial charge is 0.251 e. The lowest BCUT2D eigenvalue weighted by Gasteiger charge is -2.13. The maximum Gasteiger partial charge on any atom is 0.251 e. The van der Waals surface area contributed by atoms with Crippen LogP contribution in [0.3, 0.4) is 0 Å². The molecule has 2 aromatic rings. The molecule has 0 fully saturated rings. The number of nitrogens with two attached hydrogens (primary N) is 1. The summed E-state index contributed by atoms with van der Waals surface area (Å²) in [4.78, 5) is 16.6. The first kappa shape index (κ1) is 19.7. The van der Waals surface area contributed by atoms with E-state index >= 15 is 0 Å². The minimum atomic E-state index is -0.372. The van der Waals surface area contributed by atoms with Crippen LogP contribution in [0.4, 0.5) is 0 Å². The van der Waals surface area contributed by atoms with Gasteiger partial charge in [-0.1, -0.05) is 19.8 Å². The number of carbonyl (C=O) groups is 1. The highest BCUT2D eigenvalue weighted by molar-refractivity contribution is 7.13. The molecule has 25 heavy (non-hydrogen) atoms. The SMILES string of the molecule is CCCCCc1c(-c2nccs2)c(C(N)=O)c(C)n1CCCOCC. The summed E-state index contributed by atoms with van der Waals surface area (Å²) in [6.07, 6.45) is 7.07. The number of ether oxygens (including phenoxy) is 1. The number of carbonyl (C=O) groups excluding carboxylic acids is 1. The molecule has 2 rings (SSSR count). The van der Waals surface area contributed by atoms with E-state index in [-0.39, 0.29) is 5.91 Å². The molecule has 0 unspecified atom stereocenters. The van der Waals surface area contributed by atoms with E-state index < -0.39 is 0 Å². The first-order chi connectivity index (χ1) is 12.1. The number of nitrogens with zero attached hydrogens (tertiary/aromatic N) is 2. The lowest BCUT2D eigenvalue weighted by molar-refractivity contribution is 0.1000. The van der Waals surface area contributed by atoms with Gasteiger partial charge in [0.15, 0.2) is 0 Å². The van der Waals surface area contributed by atoms with E-state index in [9.17, 15) is 4.79 Å². The van der Waals surface area contributed by atoms with Gasteiger partial charge in [0.25, 0.3) is 5.91 Å². The molecular weight excluding hydrogens is 334 g/mol. The average Bonchev–Trinajstić information content (AvgIpc) is 3.19. The molecule has 0 aliphatic heterocycles. The Hall–Kier alpha value is -1.66. The lowest BCUT2D eigenvalue weighted by atomic mass is 10.0. The lowest BCUT2D eigenvalue weighted by Crippen LogP contribution is -2.13. The van der Waals surface area contributed by atoms with Crippen molar-refractivity contribution in [3.63, 3.8) is 0 Å². The number of thiazole rings is 1. The fraction of sp³-hybridized carbons (Fsp3) is 0.579. The minimum absolute atomic E-state index is 0.372. The largest absolute Gasteiger partial charge is 0.382 e. The number of hydrogen-bond acceptors (Lipinski definition) is 4. The molecule has 0 bridgehead atoms. The van der Waals surface area contributed by atoms with Crippen LogP contribution in [0, 0.1) is 6.92 Å². The highest BCUT2D eigenvalue weighted by Gasteiger charge is 2.25. The Labute approximate surface area is 154 Å². The van der Waals surface area contributed by atoms with Crippen molar-refractivity contribution in [3.05, 3.63) is 28.5 Å². The minimum Gasteiger partial charge on any atom is -0.382 e. The zero-order valence-electron chi connectivity index (χ0n) is 15.5. The van der Waals surface area contributed by atoms with Crippen LogP contribution in [0.25, 0.3) is 10.6 Å². The van der Waals surface area contributed by atoms with Gasteiger partial charge in [-0.05, 0) is 33.1 Å². The molecule has 0 aliphatic carbocycles. The first-order valence-corrected chi connectivity index (χ1v) is 9.99. The van der Waals surface area contributed by atoms with E-state index in [0.29, 0.717) is 5.56 Å². The summed E-state index contributed by atoms with van der Waals surface area (Å²) >= 11 is 1.56. The Kier molecular flexibility index (Phi) is 7.65. The molecule has 138 valence electrons. The van der Waals surface area contributed by atoms with Gasteiger partial charge in [0.1, 0.15) is 5.01 Å². The second kappa shape index (κ2) is 9.73. The number of amides is 1. The molecule has 2 aromatic heterocycles. The van der Waals surface area contributed by atoms with Gasteiger partial charge in [-0.25, -0.2) is 4.98 Å². The molecule has 2 heterocycles. The molecule has 1 amide bonds. The predicted octanol–water partition coefficient (Wildman–Crippen LogP) is 4.18. The van der Waals surface area contributed by atoms with Crippen molar-refractivity contribution in [1.82, 2.24) is 9.55 Å². The van der Waals surface area contributed by atoms with Crippen LogP contribution in [0.15, 0.2) is 11.6 Å². The van der Waals surface area contributed by atoms with E-state index in [4.69, 9.17) is 10.5 Å². The third kappa shape index (κ3) is 4.70. The number of rotatable bonds is 11. The molecule has 0 aliphatic rings. The Morgan fingerprint density at radius 2 is 2.12 bits per heavy atom. The molecule has 0 radical (unpaired) electrons. The number of unbranched alkanes of at least 4 members (excludes halogenated alkanes) is 2. The monoisotopic (exact) mass is 363 g/mol. The Bertz CT molecular complexity index is 677. The molecule has 0 spiro atoms. The molecule has 5 nitrogen and oxygen atoms in total. The van der Waals surface area contributed by atoms with E-state index in [2.05, 4.69) is 16.5 Å². The zero-order valence-corrected chi connectivity index (χ0v) is 16.3. The van der Waals surface area contributed by atoms with Gasteiger partial charge in [0, 0.05) is 48.3 Å². The van der Waals surface area contributed by atoms with E-state index in [1.807, 2.05) is 19.2 Å². The Balaban J connectivity index is 2.44. The highest BCUT2D eigenvalue weighted by atomic mass is 32.1. The molecule has 2 N–H and O–H groups in total. The summed E-state index contributed by atoms with van der Waals surface area (Å²) in [5.41, 5.74) is 9.43. The quantitative estimate of drug-likeness (QED) is 0.609. The van der Waals surface area contributed by atoms with Crippen LogP contribution >= 0.6 is 11.3 Å². The highest BCUT2D eigenvalue weighted by Crippen LogP contribution is 2.35. The molecular formula is C19H29N3O2S. The van der Waals surface area contributed by atoms with Crippen LogP contribution in [-0.4, -0.2) is 28.7 Å².